The molecule has 4 aliphatic rings. The first-order valence-corrected chi connectivity index (χ1v) is 28.8. The minimum atomic E-state index is -0.442. The molecule has 0 N–H and O–H groups in total. The van der Waals surface area contributed by atoms with Crippen LogP contribution in [0.5, 0.6) is 0 Å². The van der Waals surface area contributed by atoms with Crippen molar-refractivity contribution in [3.63, 3.8) is 0 Å². The molecule has 2 heteroatoms. The average molecular weight is 1040 g/mol. The summed E-state index contributed by atoms with van der Waals surface area (Å²) in [7, 11) is 0. The molecule has 0 unspecified atom stereocenters. The SMILES string of the molecule is CC1(C)c2cccc3c2-c2c1c(-c1ccc4c(N(c5ccc6c(c5)-c5ccccc5C65c6ccccc6-c6ccccc65)c5ccc(-c6ccccc6)cc5-c5ccccc5)cccc4c1)cc1c4ccccc4n(c21)-c1ccccc1-3. The third kappa shape index (κ3) is 5.93. The molecule has 2 heterocycles. The highest BCUT2D eigenvalue weighted by Gasteiger charge is 2.52. The summed E-state index contributed by atoms with van der Waals surface area (Å²) in [5.74, 6) is 0. The standard InChI is InChI=1S/C80H52N2/c1-79(2)70-35-20-31-61-59-29-12-17-36-72(59)82-73-37-18-13-30-60(73)65-48-63(77(79)76(75(61)70)78(65)82)53-39-42-55-52(45-53)25-19-38-71(55)81(74-44-40-51(49-21-5-3-6-22-49)46-62(74)50-23-7-4-8-24-50)54-41-43-69-64(47-54)58-28-11-16-34-68(58)80(69)66-32-14-9-26-56(66)57-27-10-15-33-67(57)80/h3-48H,1-2H3. The molecule has 0 saturated heterocycles. The van der Waals surface area contributed by atoms with Crippen molar-refractivity contribution in [2.24, 2.45) is 0 Å². The van der Waals surface area contributed by atoms with Gasteiger partial charge in [-0.2, -0.15) is 0 Å². The maximum Gasteiger partial charge on any atom is 0.0725 e. The molecule has 18 rings (SSSR count). The van der Waals surface area contributed by atoms with Gasteiger partial charge in [0.2, 0.25) is 0 Å². The fourth-order valence-corrected chi connectivity index (χ4v) is 15.7. The summed E-state index contributed by atoms with van der Waals surface area (Å²) < 4.78 is 2.56. The van der Waals surface area contributed by atoms with Crippen LogP contribution < -0.4 is 4.90 Å². The summed E-state index contributed by atoms with van der Waals surface area (Å²) in [6, 6.07) is 105. The second kappa shape index (κ2) is 16.6. The molecule has 1 spiro atoms. The van der Waals surface area contributed by atoms with Crippen molar-refractivity contribution in [1.29, 1.82) is 0 Å². The van der Waals surface area contributed by atoms with Crippen LogP contribution in [0.3, 0.4) is 0 Å². The summed E-state index contributed by atoms with van der Waals surface area (Å²) in [6.07, 6.45) is 0. The highest BCUT2D eigenvalue weighted by molar-refractivity contribution is 6.21. The van der Waals surface area contributed by atoms with Gasteiger partial charge in [0.15, 0.2) is 0 Å². The monoisotopic (exact) mass is 1040 g/mol. The van der Waals surface area contributed by atoms with Gasteiger partial charge >= 0.3 is 0 Å². The predicted octanol–water partition coefficient (Wildman–Crippen LogP) is 21.0. The first kappa shape index (κ1) is 45.6. The van der Waals surface area contributed by atoms with Crippen molar-refractivity contribution >= 4 is 49.6 Å². The molecule has 0 radical (unpaired) electrons. The molecule has 0 amide bonds. The molecule has 13 aromatic carbocycles. The second-order valence-electron chi connectivity index (χ2n) is 23.4. The fourth-order valence-electron chi connectivity index (χ4n) is 15.7. The Morgan fingerprint density at radius 3 is 1.67 bits per heavy atom. The van der Waals surface area contributed by atoms with Crippen molar-refractivity contribution in [1.82, 2.24) is 4.57 Å². The summed E-state index contributed by atoms with van der Waals surface area (Å²) in [5.41, 5.74) is 32.2. The van der Waals surface area contributed by atoms with Crippen LogP contribution in [-0.4, -0.2) is 4.57 Å². The number of nitrogens with zero attached hydrogens (tertiary/aromatic N) is 2. The van der Waals surface area contributed by atoms with Crippen LogP contribution in [0.25, 0.3) is 116 Å². The molecule has 82 heavy (non-hydrogen) atoms. The topological polar surface area (TPSA) is 8.17 Å². The Bertz CT molecular complexity index is 5030. The van der Waals surface area contributed by atoms with E-state index in [4.69, 9.17) is 0 Å². The number of anilines is 3. The van der Waals surface area contributed by atoms with Crippen molar-refractivity contribution in [3.8, 4) is 83.6 Å². The van der Waals surface area contributed by atoms with Crippen LogP contribution in [0.2, 0.25) is 0 Å². The van der Waals surface area contributed by atoms with Crippen LogP contribution in [0.4, 0.5) is 17.1 Å². The van der Waals surface area contributed by atoms with E-state index >= 15 is 0 Å². The Morgan fingerprint density at radius 2 is 0.915 bits per heavy atom. The molecule has 382 valence electrons. The van der Waals surface area contributed by atoms with Gasteiger partial charge in [-0.15, -0.1) is 0 Å². The van der Waals surface area contributed by atoms with Crippen molar-refractivity contribution < 1.29 is 0 Å². The number of hydrogen-bond acceptors (Lipinski definition) is 1. The zero-order valence-electron chi connectivity index (χ0n) is 45.5. The highest BCUT2D eigenvalue weighted by Crippen LogP contribution is 2.64. The molecule has 0 fully saturated rings. The Kier molecular flexibility index (Phi) is 9.25. The number of hydrogen-bond donors (Lipinski definition) is 0. The van der Waals surface area contributed by atoms with Crippen molar-refractivity contribution in [2.45, 2.75) is 24.7 Å². The number of rotatable bonds is 6. The van der Waals surface area contributed by atoms with Gasteiger partial charge < -0.3 is 9.47 Å². The van der Waals surface area contributed by atoms with Crippen molar-refractivity contribution in [2.75, 3.05) is 4.90 Å². The first-order valence-electron chi connectivity index (χ1n) is 28.8. The smallest absolute Gasteiger partial charge is 0.0725 e. The predicted molar refractivity (Wildman–Crippen MR) is 342 cm³/mol. The number of para-hydroxylation sites is 2. The average Bonchev–Trinajstić information content (AvgIpc) is 1.61. The summed E-state index contributed by atoms with van der Waals surface area (Å²) in [6.45, 7) is 4.89. The lowest BCUT2D eigenvalue weighted by Crippen LogP contribution is -2.25. The molecular formula is C80H52N2. The third-order valence-electron chi connectivity index (χ3n) is 19.1. The zero-order chi connectivity index (χ0) is 54.0. The van der Waals surface area contributed by atoms with E-state index in [0.717, 1.165) is 28.2 Å². The molecule has 0 saturated carbocycles. The van der Waals surface area contributed by atoms with Gasteiger partial charge in [-0.25, -0.2) is 0 Å². The van der Waals surface area contributed by atoms with Crippen LogP contribution in [0.15, 0.2) is 279 Å². The van der Waals surface area contributed by atoms with E-state index in [1.807, 2.05) is 0 Å². The zero-order valence-corrected chi connectivity index (χ0v) is 45.5. The molecule has 3 aliphatic carbocycles. The molecule has 2 nitrogen and oxygen atoms in total. The maximum absolute atomic E-state index is 2.56. The van der Waals surface area contributed by atoms with E-state index in [2.05, 4.69) is 302 Å². The van der Waals surface area contributed by atoms with Crippen molar-refractivity contribution in [3.05, 3.63) is 312 Å². The third-order valence-corrected chi connectivity index (χ3v) is 19.1. The molecular weight excluding hydrogens is 989 g/mol. The molecule has 0 bridgehead atoms. The van der Waals surface area contributed by atoms with E-state index < -0.39 is 5.41 Å². The van der Waals surface area contributed by atoms with Gasteiger partial charge in [-0.05, 0) is 155 Å². The Hall–Kier alpha value is -10.3. The molecule has 14 aromatic rings. The summed E-state index contributed by atoms with van der Waals surface area (Å²) in [4.78, 5) is 2.55. The van der Waals surface area contributed by atoms with Gasteiger partial charge in [0.1, 0.15) is 0 Å². The van der Waals surface area contributed by atoms with Gasteiger partial charge in [0.05, 0.1) is 33.5 Å². The van der Waals surface area contributed by atoms with E-state index in [1.54, 1.807) is 0 Å². The van der Waals surface area contributed by atoms with Gasteiger partial charge in [-0.3, -0.25) is 0 Å². The number of fused-ring (bicyclic) bond motifs is 17. The Morgan fingerprint density at radius 1 is 0.317 bits per heavy atom. The molecule has 1 aromatic heterocycles. The van der Waals surface area contributed by atoms with Crippen LogP contribution in [0.1, 0.15) is 47.2 Å². The van der Waals surface area contributed by atoms with E-state index in [0.29, 0.717) is 0 Å². The first-order chi connectivity index (χ1) is 40.5. The fraction of sp³-hybridized carbons (Fsp3) is 0.0500. The summed E-state index contributed by atoms with van der Waals surface area (Å²) in [5, 5.41) is 4.93. The van der Waals surface area contributed by atoms with Gasteiger partial charge in [-0.1, -0.05) is 238 Å². The van der Waals surface area contributed by atoms with Crippen LogP contribution >= 0.6 is 0 Å². The lowest BCUT2D eigenvalue weighted by molar-refractivity contribution is 0.662. The van der Waals surface area contributed by atoms with Crippen LogP contribution in [0, 0.1) is 0 Å². The minimum absolute atomic E-state index is 0.265. The van der Waals surface area contributed by atoms with E-state index in [1.165, 1.54) is 138 Å². The lowest BCUT2D eigenvalue weighted by atomic mass is 9.70. The molecule has 0 atom stereocenters. The quantitative estimate of drug-likeness (QED) is 0.161. The Balaban J connectivity index is 0.885. The maximum atomic E-state index is 2.56. The second-order valence-corrected chi connectivity index (χ2v) is 23.4. The highest BCUT2D eigenvalue weighted by atomic mass is 15.1. The normalized spacial score (nSPS) is 13.9. The largest absolute Gasteiger partial charge is 0.309 e. The van der Waals surface area contributed by atoms with Gasteiger partial charge in [0.25, 0.3) is 0 Å². The van der Waals surface area contributed by atoms with E-state index in [-0.39, 0.29) is 5.41 Å². The number of aromatic nitrogens is 1. The van der Waals surface area contributed by atoms with E-state index in [9.17, 15) is 0 Å². The van der Waals surface area contributed by atoms with Gasteiger partial charge in [0, 0.05) is 44.0 Å². The lowest BCUT2D eigenvalue weighted by Gasteiger charge is -2.32. The molecule has 1 aliphatic heterocycles. The summed E-state index contributed by atoms with van der Waals surface area (Å²) >= 11 is 0. The Labute approximate surface area is 477 Å². The number of benzene rings is 13. The van der Waals surface area contributed by atoms with Crippen LogP contribution in [-0.2, 0) is 10.8 Å². The minimum Gasteiger partial charge on any atom is -0.309 e.